The average molecular weight is 309 g/mol. The number of thioether (sulfide) groups is 1. The minimum Gasteiger partial charge on any atom is -0.478 e. The standard InChI is InChI=1S/C15H13F2NO2S/c1-21-13-4-2-3-12(14(13)15(19)20)18-8-9-5-6-10(16)11(17)7-9/h2-7,18H,8H2,1H3,(H,19,20). The monoisotopic (exact) mass is 309 g/mol. The number of nitrogens with one attached hydrogen (secondary N) is 1. The number of halogens is 2. The van der Waals surface area contributed by atoms with Crippen LogP contribution in [0.1, 0.15) is 15.9 Å². The average Bonchev–Trinajstić information content (AvgIpc) is 2.47. The Balaban J connectivity index is 2.23. The zero-order valence-electron chi connectivity index (χ0n) is 11.2. The molecular formula is C15H13F2NO2S. The highest BCUT2D eigenvalue weighted by Crippen LogP contribution is 2.27. The lowest BCUT2D eigenvalue weighted by Crippen LogP contribution is -2.08. The second kappa shape index (κ2) is 6.58. The van der Waals surface area contributed by atoms with Crippen LogP contribution < -0.4 is 5.32 Å². The second-order valence-electron chi connectivity index (χ2n) is 4.29. The predicted molar refractivity (Wildman–Crippen MR) is 78.9 cm³/mol. The first kappa shape index (κ1) is 15.3. The summed E-state index contributed by atoms with van der Waals surface area (Å²) in [5, 5.41) is 12.2. The molecule has 0 aliphatic heterocycles. The molecule has 0 heterocycles. The zero-order chi connectivity index (χ0) is 15.4. The van der Waals surface area contributed by atoms with Crippen LogP contribution in [-0.4, -0.2) is 17.3 Å². The van der Waals surface area contributed by atoms with Gasteiger partial charge in [-0.3, -0.25) is 0 Å². The van der Waals surface area contributed by atoms with Crippen molar-refractivity contribution in [3.05, 3.63) is 59.2 Å². The summed E-state index contributed by atoms with van der Waals surface area (Å²) in [6.07, 6.45) is 1.79. The number of anilines is 1. The van der Waals surface area contributed by atoms with Crippen LogP contribution in [0.5, 0.6) is 0 Å². The lowest BCUT2D eigenvalue weighted by atomic mass is 10.1. The number of carboxylic acids is 1. The number of benzene rings is 2. The number of hydrogen-bond acceptors (Lipinski definition) is 3. The minimum atomic E-state index is -1.03. The molecule has 0 saturated heterocycles. The molecule has 110 valence electrons. The van der Waals surface area contributed by atoms with Gasteiger partial charge in [0.1, 0.15) is 0 Å². The van der Waals surface area contributed by atoms with E-state index in [0.717, 1.165) is 12.1 Å². The van der Waals surface area contributed by atoms with Gasteiger partial charge in [-0.15, -0.1) is 11.8 Å². The molecule has 0 aliphatic rings. The molecule has 0 unspecified atom stereocenters. The van der Waals surface area contributed by atoms with E-state index >= 15 is 0 Å². The summed E-state index contributed by atoms with van der Waals surface area (Å²) in [6.45, 7) is 0.204. The van der Waals surface area contributed by atoms with Crippen molar-refractivity contribution in [3.8, 4) is 0 Å². The van der Waals surface area contributed by atoms with Crippen LogP contribution in [0.2, 0.25) is 0 Å². The summed E-state index contributed by atoms with van der Waals surface area (Å²) in [5.74, 6) is -2.87. The summed E-state index contributed by atoms with van der Waals surface area (Å²) in [6, 6.07) is 8.68. The van der Waals surface area contributed by atoms with Gasteiger partial charge in [0.15, 0.2) is 11.6 Å². The van der Waals surface area contributed by atoms with Gasteiger partial charge in [-0.05, 0) is 36.1 Å². The molecule has 21 heavy (non-hydrogen) atoms. The Morgan fingerprint density at radius 1 is 1.24 bits per heavy atom. The van der Waals surface area contributed by atoms with Crippen molar-refractivity contribution in [2.75, 3.05) is 11.6 Å². The van der Waals surface area contributed by atoms with Crippen LogP contribution in [0.15, 0.2) is 41.3 Å². The first-order valence-electron chi connectivity index (χ1n) is 6.11. The molecule has 2 aromatic carbocycles. The number of carboxylic acid groups (broad SMARTS) is 1. The van der Waals surface area contributed by atoms with Gasteiger partial charge in [-0.1, -0.05) is 12.1 Å². The van der Waals surface area contributed by atoms with E-state index in [0.29, 0.717) is 16.1 Å². The van der Waals surface area contributed by atoms with Gasteiger partial charge in [0.2, 0.25) is 0 Å². The normalized spacial score (nSPS) is 10.4. The third-order valence-electron chi connectivity index (χ3n) is 2.93. The Labute approximate surface area is 125 Å². The predicted octanol–water partition coefficient (Wildman–Crippen LogP) is 4.00. The summed E-state index contributed by atoms with van der Waals surface area (Å²) in [7, 11) is 0. The van der Waals surface area contributed by atoms with Crippen LogP contribution in [0.4, 0.5) is 14.5 Å². The number of aromatic carboxylic acids is 1. The molecule has 0 saturated carbocycles. The maximum absolute atomic E-state index is 13.1. The van der Waals surface area contributed by atoms with E-state index in [1.807, 2.05) is 0 Å². The Hall–Kier alpha value is -2.08. The fraction of sp³-hybridized carbons (Fsp3) is 0.133. The molecule has 0 radical (unpaired) electrons. The first-order valence-corrected chi connectivity index (χ1v) is 7.33. The molecule has 0 atom stereocenters. The maximum Gasteiger partial charge on any atom is 0.338 e. The third-order valence-corrected chi connectivity index (χ3v) is 3.71. The van der Waals surface area contributed by atoms with Crippen LogP contribution in [0.3, 0.4) is 0 Å². The second-order valence-corrected chi connectivity index (χ2v) is 5.14. The lowest BCUT2D eigenvalue weighted by molar-refractivity contribution is 0.0694. The van der Waals surface area contributed by atoms with E-state index in [2.05, 4.69) is 5.32 Å². The SMILES string of the molecule is CSc1cccc(NCc2ccc(F)c(F)c2)c1C(=O)O. The largest absolute Gasteiger partial charge is 0.478 e. The zero-order valence-corrected chi connectivity index (χ0v) is 12.0. The van der Waals surface area contributed by atoms with Crippen molar-refractivity contribution in [2.45, 2.75) is 11.4 Å². The fourth-order valence-electron chi connectivity index (χ4n) is 1.92. The highest BCUT2D eigenvalue weighted by molar-refractivity contribution is 7.98. The van der Waals surface area contributed by atoms with E-state index < -0.39 is 17.6 Å². The number of hydrogen-bond donors (Lipinski definition) is 2. The van der Waals surface area contributed by atoms with Crippen LogP contribution in [0, 0.1) is 11.6 Å². The van der Waals surface area contributed by atoms with Gasteiger partial charge in [-0.2, -0.15) is 0 Å². The van der Waals surface area contributed by atoms with E-state index in [1.165, 1.54) is 17.8 Å². The summed E-state index contributed by atoms with van der Waals surface area (Å²) in [4.78, 5) is 12.0. The smallest absolute Gasteiger partial charge is 0.338 e. The van der Waals surface area contributed by atoms with Crippen LogP contribution >= 0.6 is 11.8 Å². The summed E-state index contributed by atoms with van der Waals surface area (Å²) < 4.78 is 26.0. The number of rotatable bonds is 5. The van der Waals surface area contributed by atoms with Gasteiger partial charge in [0.05, 0.1) is 11.3 Å². The van der Waals surface area contributed by atoms with Gasteiger partial charge in [0, 0.05) is 11.4 Å². The van der Waals surface area contributed by atoms with Crippen molar-refractivity contribution in [1.29, 1.82) is 0 Å². The Kier molecular flexibility index (Phi) is 4.80. The highest BCUT2D eigenvalue weighted by Gasteiger charge is 2.14. The highest BCUT2D eigenvalue weighted by atomic mass is 32.2. The minimum absolute atomic E-state index is 0.174. The molecule has 2 aromatic rings. The molecular weight excluding hydrogens is 296 g/mol. The van der Waals surface area contributed by atoms with E-state index in [9.17, 15) is 18.7 Å². The van der Waals surface area contributed by atoms with Crippen molar-refractivity contribution < 1.29 is 18.7 Å². The van der Waals surface area contributed by atoms with E-state index in [1.54, 1.807) is 24.5 Å². The molecule has 0 amide bonds. The molecule has 0 spiro atoms. The van der Waals surface area contributed by atoms with Gasteiger partial charge >= 0.3 is 5.97 Å². The molecule has 0 bridgehead atoms. The van der Waals surface area contributed by atoms with Gasteiger partial charge in [-0.25, -0.2) is 13.6 Å². The van der Waals surface area contributed by atoms with E-state index in [-0.39, 0.29) is 12.1 Å². The first-order chi connectivity index (χ1) is 10.0. The maximum atomic E-state index is 13.1. The Morgan fingerprint density at radius 3 is 2.62 bits per heavy atom. The Morgan fingerprint density at radius 2 is 2.00 bits per heavy atom. The Bertz CT molecular complexity index is 677. The van der Waals surface area contributed by atoms with Crippen molar-refractivity contribution in [1.82, 2.24) is 0 Å². The number of carbonyl (C=O) groups is 1. The molecule has 0 aromatic heterocycles. The molecule has 2 N–H and O–H groups in total. The van der Waals surface area contributed by atoms with Crippen LogP contribution in [0.25, 0.3) is 0 Å². The van der Waals surface area contributed by atoms with Crippen LogP contribution in [-0.2, 0) is 6.54 Å². The van der Waals surface area contributed by atoms with Crippen molar-refractivity contribution >= 4 is 23.4 Å². The summed E-state index contributed by atoms with van der Waals surface area (Å²) >= 11 is 1.33. The van der Waals surface area contributed by atoms with Crippen molar-refractivity contribution in [2.24, 2.45) is 0 Å². The third kappa shape index (κ3) is 3.52. The summed E-state index contributed by atoms with van der Waals surface area (Å²) in [5.41, 5.74) is 1.14. The van der Waals surface area contributed by atoms with Crippen molar-refractivity contribution in [3.63, 3.8) is 0 Å². The van der Waals surface area contributed by atoms with Gasteiger partial charge in [0.25, 0.3) is 0 Å². The molecule has 0 fully saturated rings. The molecule has 0 aliphatic carbocycles. The quantitative estimate of drug-likeness (QED) is 0.820. The molecule has 6 heteroatoms. The molecule has 2 rings (SSSR count). The lowest BCUT2D eigenvalue weighted by Gasteiger charge is -2.12. The van der Waals surface area contributed by atoms with E-state index in [4.69, 9.17) is 0 Å². The topological polar surface area (TPSA) is 49.3 Å². The fourth-order valence-corrected chi connectivity index (χ4v) is 2.53. The molecule has 3 nitrogen and oxygen atoms in total. The van der Waals surface area contributed by atoms with Gasteiger partial charge < -0.3 is 10.4 Å².